The van der Waals surface area contributed by atoms with Gasteiger partial charge in [-0.05, 0) is 18.3 Å². The molecule has 0 aliphatic carbocycles. The minimum Gasteiger partial charge on any atom is -0.396 e. The molecule has 1 fully saturated rings. The van der Waals surface area contributed by atoms with E-state index in [1.165, 1.54) is 0 Å². The molecule has 3 nitrogen and oxygen atoms in total. The van der Waals surface area contributed by atoms with Gasteiger partial charge in [-0.2, -0.15) is 0 Å². The molecule has 0 bridgehead atoms. The first-order valence-corrected chi connectivity index (χ1v) is 4.07. The number of hydrogen-bond acceptors (Lipinski definition) is 3. The fourth-order valence-corrected chi connectivity index (χ4v) is 1.52. The standard InChI is InChI=1S/C8H16O3/c1-8(2-4-9)3-5-11-7(10)6-8/h7,9-10H,2-6H2,1H3. The SMILES string of the molecule is CC1(CCO)CCOC(O)C1. The van der Waals surface area contributed by atoms with E-state index in [0.717, 1.165) is 12.8 Å². The zero-order chi connectivity index (χ0) is 8.32. The van der Waals surface area contributed by atoms with Gasteiger partial charge in [0.05, 0.1) is 6.61 Å². The van der Waals surface area contributed by atoms with Crippen LogP contribution >= 0.6 is 0 Å². The summed E-state index contributed by atoms with van der Waals surface area (Å²) in [5, 5.41) is 17.9. The van der Waals surface area contributed by atoms with Gasteiger partial charge in [0.15, 0.2) is 6.29 Å². The molecule has 0 amide bonds. The molecule has 1 rings (SSSR count). The maximum Gasteiger partial charge on any atom is 0.155 e. The summed E-state index contributed by atoms with van der Waals surface area (Å²) < 4.78 is 4.99. The maximum atomic E-state index is 9.17. The van der Waals surface area contributed by atoms with Crippen LogP contribution in [0.1, 0.15) is 26.2 Å². The van der Waals surface area contributed by atoms with Gasteiger partial charge in [-0.3, -0.25) is 0 Å². The summed E-state index contributed by atoms with van der Waals surface area (Å²) in [6.07, 6.45) is 1.71. The Hall–Kier alpha value is -0.120. The molecule has 0 spiro atoms. The highest BCUT2D eigenvalue weighted by Gasteiger charge is 2.31. The van der Waals surface area contributed by atoms with Crippen molar-refractivity contribution in [2.75, 3.05) is 13.2 Å². The van der Waals surface area contributed by atoms with Gasteiger partial charge >= 0.3 is 0 Å². The summed E-state index contributed by atoms with van der Waals surface area (Å²) in [5.41, 5.74) is 0.0758. The smallest absolute Gasteiger partial charge is 0.155 e. The molecule has 0 aromatic rings. The molecule has 2 unspecified atom stereocenters. The molecule has 0 aromatic carbocycles. The van der Waals surface area contributed by atoms with E-state index in [4.69, 9.17) is 14.9 Å². The lowest BCUT2D eigenvalue weighted by molar-refractivity contribution is -0.160. The second kappa shape index (κ2) is 3.52. The molecule has 0 aromatic heterocycles. The second-order valence-corrected chi connectivity index (χ2v) is 3.56. The van der Waals surface area contributed by atoms with Crippen LogP contribution in [0, 0.1) is 5.41 Å². The average Bonchev–Trinajstić information content (AvgIpc) is 1.86. The molecule has 1 aliphatic heterocycles. The van der Waals surface area contributed by atoms with Crippen LogP contribution in [0.3, 0.4) is 0 Å². The van der Waals surface area contributed by atoms with E-state index < -0.39 is 6.29 Å². The Bertz CT molecular complexity index is 123. The van der Waals surface area contributed by atoms with Gasteiger partial charge < -0.3 is 14.9 Å². The molecule has 1 heterocycles. The molecular weight excluding hydrogens is 144 g/mol. The zero-order valence-electron chi connectivity index (χ0n) is 6.92. The quantitative estimate of drug-likeness (QED) is 0.618. The largest absolute Gasteiger partial charge is 0.396 e. The number of aliphatic hydroxyl groups excluding tert-OH is 2. The summed E-state index contributed by atoms with van der Waals surface area (Å²) in [5.74, 6) is 0. The predicted octanol–water partition coefficient (Wildman–Crippen LogP) is 0.504. The normalized spacial score (nSPS) is 39.0. The predicted molar refractivity (Wildman–Crippen MR) is 41.0 cm³/mol. The fraction of sp³-hybridized carbons (Fsp3) is 1.00. The number of ether oxygens (including phenoxy) is 1. The third kappa shape index (κ3) is 2.43. The van der Waals surface area contributed by atoms with E-state index in [1.807, 2.05) is 0 Å². The van der Waals surface area contributed by atoms with Crippen LogP contribution in [0.2, 0.25) is 0 Å². The van der Waals surface area contributed by atoms with Gasteiger partial charge in [-0.1, -0.05) is 6.92 Å². The first-order valence-electron chi connectivity index (χ1n) is 4.07. The van der Waals surface area contributed by atoms with Crippen molar-refractivity contribution in [3.8, 4) is 0 Å². The van der Waals surface area contributed by atoms with Crippen molar-refractivity contribution in [1.29, 1.82) is 0 Å². The van der Waals surface area contributed by atoms with Crippen molar-refractivity contribution in [3.05, 3.63) is 0 Å². The number of hydrogen-bond donors (Lipinski definition) is 2. The van der Waals surface area contributed by atoms with Crippen molar-refractivity contribution in [2.24, 2.45) is 5.41 Å². The van der Waals surface area contributed by atoms with Crippen LogP contribution < -0.4 is 0 Å². The van der Waals surface area contributed by atoms with E-state index in [1.54, 1.807) is 0 Å². The lowest BCUT2D eigenvalue weighted by Gasteiger charge is -2.35. The Morgan fingerprint density at radius 3 is 2.91 bits per heavy atom. The Labute approximate surface area is 67.0 Å². The highest BCUT2D eigenvalue weighted by atomic mass is 16.6. The first-order chi connectivity index (χ1) is 5.16. The lowest BCUT2D eigenvalue weighted by atomic mass is 9.79. The molecule has 1 saturated heterocycles. The third-order valence-electron chi connectivity index (χ3n) is 2.40. The van der Waals surface area contributed by atoms with E-state index in [2.05, 4.69) is 6.92 Å². The lowest BCUT2D eigenvalue weighted by Crippen LogP contribution is -2.33. The minimum atomic E-state index is -0.625. The maximum absolute atomic E-state index is 9.17. The van der Waals surface area contributed by atoms with E-state index >= 15 is 0 Å². The van der Waals surface area contributed by atoms with Crippen LogP contribution in [0.5, 0.6) is 0 Å². The molecule has 3 heteroatoms. The number of rotatable bonds is 2. The van der Waals surface area contributed by atoms with Crippen molar-refractivity contribution < 1.29 is 14.9 Å². The third-order valence-corrected chi connectivity index (χ3v) is 2.40. The summed E-state index contributed by atoms with van der Waals surface area (Å²) in [7, 11) is 0. The van der Waals surface area contributed by atoms with Crippen molar-refractivity contribution in [2.45, 2.75) is 32.5 Å². The molecule has 11 heavy (non-hydrogen) atoms. The topological polar surface area (TPSA) is 49.7 Å². The summed E-state index contributed by atoms with van der Waals surface area (Å²) in [6.45, 7) is 2.88. The van der Waals surface area contributed by atoms with Crippen molar-refractivity contribution >= 4 is 0 Å². The first kappa shape index (κ1) is 8.97. The van der Waals surface area contributed by atoms with Gasteiger partial charge in [-0.25, -0.2) is 0 Å². The van der Waals surface area contributed by atoms with E-state index in [-0.39, 0.29) is 12.0 Å². The molecular formula is C8H16O3. The summed E-state index contributed by atoms with van der Waals surface area (Å²) in [6, 6.07) is 0. The Morgan fingerprint density at radius 1 is 1.64 bits per heavy atom. The van der Waals surface area contributed by atoms with Crippen molar-refractivity contribution in [1.82, 2.24) is 0 Å². The molecule has 0 saturated carbocycles. The summed E-state index contributed by atoms with van der Waals surface area (Å²) in [4.78, 5) is 0. The van der Waals surface area contributed by atoms with Gasteiger partial charge in [0, 0.05) is 13.0 Å². The molecule has 1 aliphatic rings. The van der Waals surface area contributed by atoms with Gasteiger partial charge in [0.2, 0.25) is 0 Å². The number of aliphatic hydroxyl groups is 2. The Morgan fingerprint density at radius 2 is 2.36 bits per heavy atom. The monoisotopic (exact) mass is 160 g/mol. The van der Waals surface area contributed by atoms with Crippen LogP contribution in [-0.2, 0) is 4.74 Å². The Balaban J connectivity index is 2.41. The molecule has 2 atom stereocenters. The second-order valence-electron chi connectivity index (χ2n) is 3.56. The highest BCUT2D eigenvalue weighted by Crippen LogP contribution is 2.34. The molecule has 2 N–H and O–H groups in total. The van der Waals surface area contributed by atoms with Crippen LogP contribution in [0.25, 0.3) is 0 Å². The van der Waals surface area contributed by atoms with Gasteiger partial charge in [0.25, 0.3) is 0 Å². The highest BCUT2D eigenvalue weighted by molar-refractivity contribution is 4.78. The van der Waals surface area contributed by atoms with Gasteiger partial charge in [0.1, 0.15) is 0 Å². The Kier molecular flexibility index (Phi) is 2.87. The van der Waals surface area contributed by atoms with E-state index in [0.29, 0.717) is 13.0 Å². The van der Waals surface area contributed by atoms with E-state index in [9.17, 15) is 0 Å². The zero-order valence-corrected chi connectivity index (χ0v) is 6.92. The average molecular weight is 160 g/mol. The molecule has 0 radical (unpaired) electrons. The van der Waals surface area contributed by atoms with Gasteiger partial charge in [-0.15, -0.1) is 0 Å². The van der Waals surface area contributed by atoms with Crippen LogP contribution in [0.15, 0.2) is 0 Å². The fourth-order valence-electron chi connectivity index (χ4n) is 1.52. The van der Waals surface area contributed by atoms with Crippen molar-refractivity contribution in [3.63, 3.8) is 0 Å². The summed E-state index contributed by atoms with van der Waals surface area (Å²) >= 11 is 0. The van der Waals surface area contributed by atoms with Crippen LogP contribution in [-0.4, -0.2) is 29.7 Å². The molecule has 66 valence electrons. The minimum absolute atomic E-state index is 0.0758. The van der Waals surface area contributed by atoms with Crippen LogP contribution in [0.4, 0.5) is 0 Å².